The van der Waals surface area contributed by atoms with E-state index in [9.17, 15) is 0 Å². The van der Waals surface area contributed by atoms with Crippen molar-refractivity contribution in [3.8, 4) is 0 Å². The number of ether oxygens (including phenoxy) is 1. The molecule has 1 heterocycles. The Morgan fingerprint density at radius 3 is 2.67 bits per heavy atom. The molecule has 3 nitrogen and oxygen atoms in total. The van der Waals surface area contributed by atoms with Crippen LogP contribution in [0.5, 0.6) is 0 Å². The number of aliphatic imine (C=N–C) groups is 1. The van der Waals surface area contributed by atoms with Crippen molar-refractivity contribution in [1.29, 1.82) is 0 Å². The van der Waals surface area contributed by atoms with Crippen molar-refractivity contribution in [2.75, 3.05) is 13.2 Å². The molecule has 0 spiro atoms. The monoisotopic (exact) mass is 212 g/mol. The fourth-order valence-electron chi connectivity index (χ4n) is 1.60. The minimum Gasteiger partial charge on any atom is -0.387 e. The van der Waals surface area contributed by atoms with Gasteiger partial charge < -0.3 is 10.5 Å². The molecule has 0 radical (unpaired) electrons. The van der Waals surface area contributed by atoms with E-state index in [2.05, 4.69) is 25.8 Å². The van der Waals surface area contributed by atoms with Gasteiger partial charge in [0.05, 0.1) is 11.9 Å². The molecule has 0 aliphatic carbocycles. The molecule has 0 aromatic carbocycles. The first-order chi connectivity index (χ1) is 7.00. The molecule has 1 rings (SSSR count). The maximum Gasteiger partial charge on any atom is 0.0991 e. The van der Waals surface area contributed by atoms with Gasteiger partial charge in [0.2, 0.25) is 0 Å². The molecular weight excluding hydrogens is 188 g/mol. The van der Waals surface area contributed by atoms with E-state index >= 15 is 0 Å². The second-order valence-electron chi connectivity index (χ2n) is 5.29. The summed E-state index contributed by atoms with van der Waals surface area (Å²) in [6.07, 6.45) is 5.12. The van der Waals surface area contributed by atoms with Crippen molar-refractivity contribution in [2.45, 2.75) is 52.6 Å². The van der Waals surface area contributed by atoms with Gasteiger partial charge in [0.25, 0.3) is 0 Å². The number of nitrogens with two attached hydrogens (primary N) is 1. The van der Waals surface area contributed by atoms with Gasteiger partial charge in [-0.15, -0.1) is 0 Å². The highest BCUT2D eigenvalue weighted by molar-refractivity contribution is 5.85. The van der Waals surface area contributed by atoms with E-state index in [4.69, 9.17) is 10.5 Å². The molecule has 1 fully saturated rings. The highest BCUT2D eigenvalue weighted by atomic mass is 16.5. The van der Waals surface area contributed by atoms with Crippen molar-refractivity contribution < 1.29 is 4.74 Å². The summed E-state index contributed by atoms with van der Waals surface area (Å²) in [6.45, 7) is 7.98. The Morgan fingerprint density at radius 2 is 2.13 bits per heavy atom. The molecule has 1 atom stereocenters. The average molecular weight is 212 g/mol. The quantitative estimate of drug-likeness (QED) is 0.576. The molecular formula is C12H24N2O. The van der Waals surface area contributed by atoms with Crippen LogP contribution >= 0.6 is 0 Å². The Labute approximate surface area is 93.1 Å². The van der Waals surface area contributed by atoms with E-state index < -0.39 is 0 Å². The third kappa shape index (κ3) is 4.65. The summed E-state index contributed by atoms with van der Waals surface area (Å²) in [5.74, 6) is 0.748. The molecule has 1 saturated heterocycles. The van der Waals surface area contributed by atoms with E-state index in [1.807, 2.05) is 0 Å². The fourth-order valence-corrected chi connectivity index (χ4v) is 1.60. The number of rotatable bonds is 3. The van der Waals surface area contributed by atoms with Crippen LogP contribution < -0.4 is 5.73 Å². The van der Waals surface area contributed by atoms with Gasteiger partial charge in [-0.3, -0.25) is 4.99 Å². The second kappa shape index (κ2) is 5.50. The number of hydrogen-bond donors (Lipinski definition) is 1. The summed E-state index contributed by atoms with van der Waals surface area (Å²) in [5.41, 5.74) is 5.87. The maximum absolute atomic E-state index is 5.88. The van der Waals surface area contributed by atoms with Gasteiger partial charge >= 0.3 is 0 Å². The Balaban J connectivity index is 2.25. The molecule has 1 aliphatic heterocycles. The van der Waals surface area contributed by atoms with Crippen LogP contribution in [-0.4, -0.2) is 25.1 Å². The van der Waals surface area contributed by atoms with Crippen molar-refractivity contribution >= 4 is 5.84 Å². The number of amidine groups is 1. The van der Waals surface area contributed by atoms with E-state index in [1.165, 1.54) is 19.3 Å². The average Bonchev–Trinajstić information content (AvgIpc) is 2.18. The van der Waals surface area contributed by atoms with Crippen LogP contribution in [0.25, 0.3) is 0 Å². The zero-order chi connectivity index (χ0) is 11.3. The first-order valence-corrected chi connectivity index (χ1v) is 5.92. The van der Waals surface area contributed by atoms with Crippen LogP contribution in [-0.2, 0) is 4.74 Å². The van der Waals surface area contributed by atoms with Crippen molar-refractivity contribution in [1.82, 2.24) is 0 Å². The van der Waals surface area contributed by atoms with Gasteiger partial charge in [0.1, 0.15) is 0 Å². The predicted octanol–water partition coefficient (Wildman–Crippen LogP) is 2.35. The third-order valence-corrected chi connectivity index (χ3v) is 2.78. The molecule has 1 aliphatic rings. The molecule has 88 valence electrons. The summed E-state index contributed by atoms with van der Waals surface area (Å²) in [5, 5.41) is 0. The van der Waals surface area contributed by atoms with Crippen LogP contribution in [0.3, 0.4) is 0 Å². The lowest BCUT2D eigenvalue weighted by molar-refractivity contribution is 0.0129. The van der Waals surface area contributed by atoms with Crippen LogP contribution in [0.4, 0.5) is 0 Å². The highest BCUT2D eigenvalue weighted by Crippen LogP contribution is 2.16. The lowest BCUT2D eigenvalue weighted by Crippen LogP contribution is -2.29. The summed E-state index contributed by atoms with van der Waals surface area (Å²) < 4.78 is 5.64. The standard InChI is InChI=1S/C12H24N2O/c1-12(2,3)11(13)14-8-7-10-6-4-5-9-15-10/h10H,4-9H2,1-3H3,(H2,13,14). The lowest BCUT2D eigenvalue weighted by Gasteiger charge is -2.22. The van der Waals surface area contributed by atoms with Crippen molar-refractivity contribution in [3.05, 3.63) is 0 Å². The summed E-state index contributed by atoms with van der Waals surface area (Å²) in [7, 11) is 0. The fraction of sp³-hybridized carbons (Fsp3) is 0.917. The molecule has 0 bridgehead atoms. The van der Waals surface area contributed by atoms with Crippen molar-refractivity contribution in [2.24, 2.45) is 16.1 Å². The van der Waals surface area contributed by atoms with Crippen molar-refractivity contribution in [3.63, 3.8) is 0 Å². The van der Waals surface area contributed by atoms with E-state index in [-0.39, 0.29) is 5.41 Å². The SMILES string of the molecule is CC(C)(C)C(N)=NCCC1CCCCO1. The summed E-state index contributed by atoms with van der Waals surface area (Å²) in [6, 6.07) is 0. The van der Waals surface area contributed by atoms with E-state index in [0.29, 0.717) is 6.10 Å². The minimum absolute atomic E-state index is 0.00653. The zero-order valence-electron chi connectivity index (χ0n) is 10.3. The molecule has 15 heavy (non-hydrogen) atoms. The zero-order valence-corrected chi connectivity index (χ0v) is 10.3. The molecule has 2 N–H and O–H groups in total. The molecule has 0 aromatic heterocycles. The molecule has 0 saturated carbocycles. The number of hydrogen-bond acceptors (Lipinski definition) is 2. The Hall–Kier alpha value is -0.570. The smallest absolute Gasteiger partial charge is 0.0991 e. The Morgan fingerprint density at radius 1 is 1.40 bits per heavy atom. The minimum atomic E-state index is -0.00653. The second-order valence-corrected chi connectivity index (χ2v) is 5.29. The largest absolute Gasteiger partial charge is 0.387 e. The number of nitrogens with zero attached hydrogens (tertiary/aromatic N) is 1. The van der Waals surface area contributed by atoms with Crippen LogP contribution in [0.2, 0.25) is 0 Å². The van der Waals surface area contributed by atoms with Gasteiger partial charge in [0.15, 0.2) is 0 Å². The Bertz CT molecular complexity index is 212. The van der Waals surface area contributed by atoms with Crippen LogP contribution in [0.1, 0.15) is 46.5 Å². The van der Waals surface area contributed by atoms with Gasteiger partial charge in [0, 0.05) is 18.6 Å². The first-order valence-electron chi connectivity index (χ1n) is 5.92. The van der Waals surface area contributed by atoms with Crippen LogP contribution in [0, 0.1) is 5.41 Å². The maximum atomic E-state index is 5.88. The van der Waals surface area contributed by atoms with E-state index in [0.717, 1.165) is 25.4 Å². The highest BCUT2D eigenvalue weighted by Gasteiger charge is 2.16. The van der Waals surface area contributed by atoms with Gasteiger partial charge in [-0.25, -0.2) is 0 Å². The van der Waals surface area contributed by atoms with Crippen LogP contribution in [0.15, 0.2) is 4.99 Å². The third-order valence-electron chi connectivity index (χ3n) is 2.78. The summed E-state index contributed by atoms with van der Waals surface area (Å²) in [4.78, 5) is 4.40. The molecule has 3 heteroatoms. The summed E-state index contributed by atoms with van der Waals surface area (Å²) >= 11 is 0. The molecule has 0 aromatic rings. The van der Waals surface area contributed by atoms with Gasteiger partial charge in [-0.2, -0.15) is 0 Å². The topological polar surface area (TPSA) is 47.6 Å². The predicted molar refractivity (Wildman–Crippen MR) is 64.2 cm³/mol. The Kier molecular flexibility index (Phi) is 4.58. The lowest BCUT2D eigenvalue weighted by atomic mass is 9.95. The molecule has 0 amide bonds. The van der Waals surface area contributed by atoms with Gasteiger partial charge in [-0.1, -0.05) is 20.8 Å². The molecule has 1 unspecified atom stereocenters. The first kappa shape index (κ1) is 12.5. The van der Waals surface area contributed by atoms with E-state index in [1.54, 1.807) is 0 Å². The van der Waals surface area contributed by atoms with Gasteiger partial charge in [-0.05, 0) is 25.7 Å². The normalized spacial score (nSPS) is 24.2.